The Bertz CT molecular complexity index is 1010. The number of carbonyl (C=O) groups excluding carboxylic acids is 2. The summed E-state index contributed by atoms with van der Waals surface area (Å²) in [7, 11) is 1.44. The maximum atomic E-state index is 13.7. The van der Waals surface area contributed by atoms with Crippen molar-refractivity contribution in [1.29, 1.82) is 0 Å². The average Bonchev–Trinajstić information content (AvgIpc) is 3.34. The zero-order valence-corrected chi connectivity index (χ0v) is 22.8. The van der Waals surface area contributed by atoms with Crippen LogP contribution < -0.4 is 10.2 Å². The van der Waals surface area contributed by atoms with Crippen LogP contribution in [-0.2, 0) is 9.53 Å². The van der Waals surface area contributed by atoms with Crippen molar-refractivity contribution in [1.82, 2.24) is 10.3 Å². The molecule has 7 nitrogen and oxygen atoms in total. The third-order valence-corrected chi connectivity index (χ3v) is 11.1. The number of thioether (sulfide) groups is 1. The van der Waals surface area contributed by atoms with Gasteiger partial charge in [0, 0.05) is 18.3 Å². The number of aliphatic hydroxyl groups is 1. The van der Waals surface area contributed by atoms with Gasteiger partial charge in [-0.25, -0.2) is 4.98 Å². The van der Waals surface area contributed by atoms with Gasteiger partial charge in [-0.05, 0) is 87.2 Å². The molecule has 1 saturated heterocycles. The Balaban J connectivity index is 1.21. The Kier molecular flexibility index (Phi) is 7.16. The number of aromatic nitrogens is 1. The molecule has 6 atom stereocenters. The molecule has 0 radical (unpaired) electrons. The third kappa shape index (κ3) is 5.25. The number of anilines is 1. The van der Waals surface area contributed by atoms with Crippen molar-refractivity contribution in [2.45, 2.75) is 99.0 Å². The lowest BCUT2D eigenvalue weighted by Gasteiger charge is -2.58. The summed E-state index contributed by atoms with van der Waals surface area (Å²) in [5, 5.41) is 16.1. The van der Waals surface area contributed by atoms with Crippen LogP contribution in [0.3, 0.4) is 0 Å². The first-order chi connectivity index (χ1) is 17.9. The van der Waals surface area contributed by atoms with Gasteiger partial charge in [-0.15, -0.1) is 11.8 Å². The lowest BCUT2D eigenvalue weighted by Crippen LogP contribution is -2.66. The average molecular weight is 528 g/mol. The monoisotopic (exact) mass is 527 g/mol. The van der Waals surface area contributed by atoms with Crippen molar-refractivity contribution in [2.75, 3.05) is 25.1 Å². The Hall–Kier alpha value is -1.80. The van der Waals surface area contributed by atoms with Crippen LogP contribution in [0, 0.1) is 23.7 Å². The Morgan fingerprint density at radius 1 is 1.14 bits per heavy atom. The van der Waals surface area contributed by atoms with Crippen LogP contribution >= 0.6 is 11.8 Å². The number of esters is 1. The molecule has 0 spiro atoms. The van der Waals surface area contributed by atoms with E-state index in [4.69, 9.17) is 9.72 Å². The van der Waals surface area contributed by atoms with Gasteiger partial charge in [0.05, 0.1) is 30.7 Å². The lowest BCUT2D eigenvalue weighted by molar-refractivity contribution is -0.146. The molecule has 1 amide bonds. The van der Waals surface area contributed by atoms with Crippen molar-refractivity contribution in [3.8, 4) is 0 Å². The quantitative estimate of drug-likeness (QED) is 0.502. The number of hydrogen-bond donors (Lipinski definition) is 2. The molecular weight excluding hydrogens is 486 g/mol. The maximum Gasteiger partial charge on any atom is 0.305 e. The third-order valence-electron chi connectivity index (χ3n) is 9.77. The predicted octanol–water partition coefficient (Wildman–Crippen LogP) is 4.57. The molecule has 202 valence electrons. The minimum absolute atomic E-state index is 0.0896. The van der Waals surface area contributed by atoms with Gasteiger partial charge in [-0.3, -0.25) is 9.59 Å². The summed E-state index contributed by atoms with van der Waals surface area (Å²) < 4.78 is 4.87. The van der Waals surface area contributed by atoms with E-state index in [2.05, 4.69) is 10.2 Å². The van der Waals surface area contributed by atoms with Gasteiger partial charge in [-0.2, -0.15) is 0 Å². The van der Waals surface area contributed by atoms with Crippen LogP contribution in [0.25, 0.3) is 0 Å². The van der Waals surface area contributed by atoms with E-state index in [1.807, 2.05) is 12.1 Å². The molecule has 1 aromatic rings. The van der Waals surface area contributed by atoms with Gasteiger partial charge in [0.1, 0.15) is 10.8 Å². The van der Waals surface area contributed by atoms with E-state index < -0.39 is 5.60 Å². The van der Waals surface area contributed by atoms with Crippen molar-refractivity contribution in [2.24, 2.45) is 23.7 Å². The van der Waals surface area contributed by atoms with E-state index in [-0.39, 0.29) is 23.8 Å². The highest BCUT2D eigenvalue weighted by Crippen LogP contribution is 2.55. The van der Waals surface area contributed by atoms with Crippen LogP contribution in [0.2, 0.25) is 0 Å². The van der Waals surface area contributed by atoms with Crippen molar-refractivity contribution < 1.29 is 19.4 Å². The molecule has 3 unspecified atom stereocenters. The normalized spacial score (nSPS) is 35.1. The van der Waals surface area contributed by atoms with Crippen LogP contribution in [0.1, 0.15) is 87.4 Å². The number of amides is 1. The fourth-order valence-corrected chi connectivity index (χ4v) is 9.52. The molecular formula is C29H41N3O4S. The largest absolute Gasteiger partial charge is 0.469 e. The molecule has 5 saturated carbocycles. The smallest absolute Gasteiger partial charge is 0.305 e. The number of rotatable bonds is 7. The lowest BCUT2D eigenvalue weighted by atomic mass is 9.52. The molecule has 6 fully saturated rings. The SMILES string of the molecule is COC(=O)C[C@@H]1CCN(c2ccc(C(=O)N[C@@H]3C4CC5C[C@@H](C4)CC3(O)C5)c(SC3CCCCC3)n2)C1. The first-order valence-corrected chi connectivity index (χ1v) is 15.3. The number of hydrogen-bond acceptors (Lipinski definition) is 7. The summed E-state index contributed by atoms with van der Waals surface area (Å²) in [4.78, 5) is 32.8. The highest BCUT2D eigenvalue weighted by molar-refractivity contribution is 7.99. The highest BCUT2D eigenvalue weighted by atomic mass is 32.2. The minimum Gasteiger partial charge on any atom is -0.469 e. The summed E-state index contributed by atoms with van der Waals surface area (Å²) in [6.45, 7) is 1.63. The molecule has 1 aromatic heterocycles. The first kappa shape index (κ1) is 25.5. The first-order valence-electron chi connectivity index (χ1n) is 14.4. The van der Waals surface area contributed by atoms with Gasteiger partial charge < -0.3 is 20.1 Å². The topological polar surface area (TPSA) is 91.8 Å². The molecule has 8 heteroatoms. The van der Waals surface area contributed by atoms with Gasteiger partial charge >= 0.3 is 5.97 Å². The van der Waals surface area contributed by atoms with Crippen LogP contribution in [0.15, 0.2) is 17.2 Å². The molecule has 0 aromatic carbocycles. The van der Waals surface area contributed by atoms with Crippen LogP contribution in [-0.4, -0.2) is 59.1 Å². The molecule has 1 aliphatic heterocycles. The number of nitrogens with one attached hydrogen (secondary N) is 1. The molecule has 6 aliphatic rings. The fraction of sp³-hybridized carbons (Fsp3) is 0.759. The van der Waals surface area contributed by atoms with E-state index in [1.54, 1.807) is 11.8 Å². The van der Waals surface area contributed by atoms with Crippen molar-refractivity contribution in [3.63, 3.8) is 0 Å². The second-order valence-electron chi connectivity index (χ2n) is 12.4. The van der Waals surface area contributed by atoms with E-state index in [1.165, 1.54) is 32.8 Å². The second kappa shape index (κ2) is 10.4. The Morgan fingerprint density at radius 3 is 2.59 bits per heavy atom. The van der Waals surface area contributed by atoms with Crippen molar-refractivity contribution >= 4 is 29.5 Å². The molecule has 7 rings (SSSR count). The van der Waals surface area contributed by atoms with E-state index >= 15 is 0 Å². The highest BCUT2D eigenvalue weighted by Gasteiger charge is 2.56. The molecule has 2 heterocycles. The van der Waals surface area contributed by atoms with E-state index in [0.29, 0.717) is 35.0 Å². The summed E-state index contributed by atoms with van der Waals surface area (Å²) in [5.41, 5.74) is -0.111. The number of methoxy groups -OCH3 is 1. The summed E-state index contributed by atoms with van der Waals surface area (Å²) in [6, 6.07) is 3.75. The van der Waals surface area contributed by atoms with E-state index in [9.17, 15) is 14.7 Å². The minimum atomic E-state index is -0.751. The number of pyridine rings is 1. The van der Waals surface area contributed by atoms with Crippen LogP contribution in [0.4, 0.5) is 5.82 Å². The van der Waals surface area contributed by atoms with Gasteiger partial charge in [-0.1, -0.05) is 19.3 Å². The summed E-state index contributed by atoms with van der Waals surface area (Å²) >= 11 is 1.76. The maximum absolute atomic E-state index is 13.7. The zero-order valence-electron chi connectivity index (χ0n) is 22.0. The molecule has 2 N–H and O–H groups in total. The van der Waals surface area contributed by atoms with Crippen LogP contribution in [0.5, 0.6) is 0 Å². The standard InChI is InChI=1S/C29H41N3O4S/c1-36-25(33)14-18-9-10-32(17-18)24-8-7-23(28(30-24)37-22-5-3-2-4-6-22)27(34)31-26-21-12-19-11-20(13-21)16-29(26,35)15-19/h7-8,18-22,26,35H,2-6,9-17H2,1H3,(H,31,34)/t18-,19-,20?,21?,26+,29?/m0/s1. The summed E-state index contributed by atoms with van der Waals surface area (Å²) in [5.74, 6) is 2.54. The molecule has 5 aliphatic carbocycles. The van der Waals surface area contributed by atoms with E-state index in [0.717, 1.165) is 68.9 Å². The van der Waals surface area contributed by atoms with Gasteiger partial charge in [0.25, 0.3) is 5.91 Å². The van der Waals surface area contributed by atoms with Gasteiger partial charge in [0.15, 0.2) is 0 Å². The van der Waals surface area contributed by atoms with Gasteiger partial charge in [0.2, 0.25) is 0 Å². The zero-order chi connectivity index (χ0) is 25.6. The number of carbonyl (C=O) groups is 2. The Labute approximate surface area is 224 Å². The Morgan fingerprint density at radius 2 is 1.89 bits per heavy atom. The molecule has 4 bridgehead atoms. The number of ether oxygens (including phenoxy) is 1. The summed E-state index contributed by atoms with van der Waals surface area (Å²) in [6.07, 6.45) is 12.6. The molecule has 37 heavy (non-hydrogen) atoms. The predicted molar refractivity (Wildman–Crippen MR) is 144 cm³/mol. The van der Waals surface area contributed by atoms with Crippen molar-refractivity contribution in [3.05, 3.63) is 17.7 Å². The number of nitrogens with zero attached hydrogens (tertiary/aromatic N) is 2. The second-order valence-corrected chi connectivity index (χ2v) is 13.7. The fourth-order valence-electron chi connectivity index (χ4n) is 8.21.